The first kappa shape index (κ1) is 15.4. The third-order valence-electron chi connectivity index (χ3n) is 3.91. The molecule has 0 amide bonds. The van der Waals surface area contributed by atoms with Gasteiger partial charge < -0.3 is 5.32 Å². The summed E-state index contributed by atoms with van der Waals surface area (Å²) in [6, 6.07) is 0.796. The Labute approximate surface area is 113 Å². The highest BCUT2D eigenvalue weighted by Gasteiger charge is 2.27. The Kier molecular flexibility index (Phi) is 7.61. The molecular weight excluding hydrogens is 226 g/mol. The summed E-state index contributed by atoms with van der Waals surface area (Å²) < 4.78 is 0. The molecule has 0 heterocycles. The maximum Gasteiger partial charge on any atom is 0.00721 e. The van der Waals surface area contributed by atoms with Crippen LogP contribution in [0, 0.1) is 5.41 Å². The molecule has 1 fully saturated rings. The Morgan fingerprint density at radius 1 is 1.18 bits per heavy atom. The van der Waals surface area contributed by atoms with Gasteiger partial charge in [0.05, 0.1) is 0 Å². The monoisotopic (exact) mass is 257 g/mol. The molecule has 0 spiro atoms. The van der Waals surface area contributed by atoms with Crippen molar-refractivity contribution in [2.24, 2.45) is 5.41 Å². The number of rotatable bonds is 8. The first-order chi connectivity index (χ1) is 8.14. The lowest BCUT2D eigenvalue weighted by atomic mass is 9.75. The van der Waals surface area contributed by atoms with Gasteiger partial charge in [-0.25, -0.2) is 0 Å². The zero-order valence-electron chi connectivity index (χ0n) is 12.1. The van der Waals surface area contributed by atoms with Crippen molar-refractivity contribution in [2.45, 2.75) is 71.3 Å². The molecule has 0 aromatic heterocycles. The summed E-state index contributed by atoms with van der Waals surface area (Å²) in [7, 11) is 0. The molecule has 1 unspecified atom stereocenters. The molecule has 0 radical (unpaired) electrons. The van der Waals surface area contributed by atoms with Gasteiger partial charge >= 0.3 is 0 Å². The van der Waals surface area contributed by atoms with Crippen LogP contribution in [-0.4, -0.2) is 24.6 Å². The van der Waals surface area contributed by atoms with Crippen LogP contribution in [0.2, 0.25) is 0 Å². The van der Waals surface area contributed by atoms with E-state index in [0.29, 0.717) is 5.41 Å². The van der Waals surface area contributed by atoms with E-state index in [2.05, 4.69) is 25.4 Å². The minimum absolute atomic E-state index is 0.578. The molecule has 1 N–H and O–H groups in total. The highest BCUT2D eigenvalue weighted by Crippen LogP contribution is 2.34. The average Bonchev–Trinajstić information content (AvgIpc) is 2.27. The largest absolute Gasteiger partial charge is 0.314 e. The topological polar surface area (TPSA) is 12.0 Å². The summed E-state index contributed by atoms with van der Waals surface area (Å²) in [6.07, 6.45) is 13.4. The quantitative estimate of drug-likeness (QED) is 0.644. The lowest BCUT2D eigenvalue weighted by Gasteiger charge is -2.35. The predicted octanol–water partition coefficient (Wildman–Crippen LogP) is 4.47. The van der Waals surface area contributed by atoms with Crippen LogP contribution >= 0.6 is 11.8 Å². The molecule has 0 aliphatic heterocycles. The molecule has 1 atom stereocenters. The van der Waals surface area contributed by atoms with E-state index in [1.807, 2.05) is 11.8 Å². The molecule has 1 aliphatic carbocycles. The molecule has 1 rings (SSSR count). The fourth-order valence-electron chi connectivity index (χ4n) is 2.90. The number of hydrogen-bond acceptors (Lipinski definition) is 2. The zero-order valence-corrected chi connectivity index (χ0v) is 12.9. The normalized spacial score (nSPS) is 23.8. The van der Waals surface area contributed by atoms with Gasteiger partial charge in [0.1, 0.15) is 0 Å². The Bertz CT molecular complexity index is 191. The number of unbranched alkanes of at least 4 members (excludes halogenated alkanes) is 3. The standard InChI is InChI=1S/C15H31NS/c1-15(2)10-8-9-14(13-15)16-11-6-4-5-7-12-17-3/h14,16H,4-13H2,1-3H3. The molecule has 1 saturated carbocycles. The van der Waals surface area contributed by atoms with Gasteiger partial charge in [-0.2, -0.15) is 11.8 Å². The van der Waals surface area contributed by atoms with Crippen LogP contribution in [0.15, 0.2) is 0 Å². The van der Waals surface area contributed by atoms with Crippen LogP contribution in [0.5, 0.6) is 0 Å². The molecule has 0 aromatic rings. The second-order valence-electron chi connectivity index (χ2n) is 6.32. The van der Waals surface area contributed by atoms with Gasteiger partial charge in [0, 0.05) is 6.04 Å². The van der Waals surface area contributed by atoms with Crippen molar-refractivity contribution >= 4 is 11.8 Å². The van der Waals surface area contributed by atoms with E-state index in [-0.39, 0.29) is 0 Å². The Morgan fingerprint density at radius 3 is 2.65 bits per heavy atom. The summed E-state index contributed by atoms with van der Waals surface area (Å²) in [4.78, 5) is 0. The van der Waals surface area contributed by atoms with Crippen LogP contribution in [0.4, 0.5) is 0 Å². The Balaban J connectivity index is 1.95. The van der Waals surface area contributed by atoms with Gasteiger partial charge in [0.15, 0.2) is 0 Å². The molecule has 1 nitrogen and oxygen atoms in total. The summed E-state index contributed by atoms with van der Waals surface area (Å²) in [6.45, 7) is 6.08. The number of thioether (sulfide) groups is 1. The van der Waals surface area contributed by atoms with Crippen LogP contribution in [0.1, 0.15) is 65.2 Å². The third-order valence-corrected chi connectivity index (χ3v) is 4.61. The lowest BCUT2D eigenvalue weighted by Crippen LogP contribution is -2.37. The summed E-state index contributed by atoms with van der Waals surface area (Å²) in [5.74, 6) is 1.34. The fraction of sp³-hybridized carbons (Fsp3) is 1.00. The summed E-state index contributed by atoms with van der Waals surface area (Å²) >= 11 is 1.97. The second kappa shape index (κ2) is 8.42. The van der Waals surface area contributed by atoms with Gasteiger partial charge in [-0.05, 0) is 56.1 Å². The third kappa shape index (κ3) is 7.35. The van der Waals surface area contributed by atoms with Crippen molar-refractivity contribution < 1.29 is 0 Å². The maximum absolute atomic E-state index is 3.76. The van der Waals surface area contributed by atoms with Crippen molar-refractivity contribution in [3.63, 3.8) is 0 Å². The smallest absolute Gasteiger partial charge is 0.00721 e. The van der Waals surface area contributed by atoms with Crippen LogP contribution in [-0.2, 0) is 0 Å². The van der Waals surface area contributed by atoms with Gasteiger partial charge in [0.2, 0.25) is 0 Å². The number of nitrogens with one attached hydrogen (secondary N) is 1. The van der Waals surface area contributed by atoms with Gasteiger partial charge in [0.25, 0.3) is 0 Å². The van der Waals surface area contributed by atoms with E-state index in [0.717, 1.165) is 6.04 Å². The minimum atomic E-state index is 0.578. The highest BCUT2D eigenvalue weighted by atomic mass is 32.2. The molecule has 0 aromatic carbocycles. The fourth-order valence-corrected chi connectivity index (χ4v) is 3.40. The van der Waals surface area contributed by atoms with Crippen molar-refractivity contribution in [1.82, 2.24) is 5.32 Å². The van der Waals surface area contributed by atoms with Crippen molar-refractivity contribution in [3.05, 3.63) is 0 Å². The highest BCUT2D eigenvalue weighted by molar-refractivity contribution is 7.98. The zero-order chi connectivity index (χ0) is 12.6. The molecule has 1 aliphatic rings. The van der Waals surface area contributed by atoms with E-state index in [9.17, 15) is 0 Å². The molecular formula is C15H31NS. The van der Waals surface area contributed by atoms with Crippen LogP contribution in [0.3, 0.4) is 0 Å². The summed E-state index contributed by atoms with van der Waals surface area (Å²) in [5.41, 5.74) is 0.578. The van der Waals surface area contributed by atoms with Gasteiger partial charge in [-0.3, -0.25) is 0 Å². The second-order valence-corrected chi connectivity index (χ2v) is 7.30. The summed E-state index contributed by atoms with van der Waals surface area (Å²) in [5, 5.41) is 3.76. The number of hydrogen-bond donors (Lipinski definition) is 1. The minimum Gasteiger partial charge on any atom is -0.314 e. The molecule has 2 heteroatoms. The Hall–Kier alpha value is 0.310. The van der Waals surface area contributed by atoms with Gasteiger partial charge in [-0.15, -0.1) is 0 Å². The van der Waals surface area contributed by atoms with E-state index >= 15 is 0 Å². The molecule has 0 saturated heterocycles. The van der Waals surface area contributed by atoms with E-state index in [1.54, 1.807) is 0 Å². The lowest BCUT2D eigenvalue weighted by molar-refractivity contribution is 0.198. The van der Waals surface area contributed by atoms with Crippen molar-refractivity contribution in [2.75, 3.05) is 18.6 Å². The van der Waals surface area contributed by atoms with Crippen molar-refractivity contribution in [1.29, 1.82) is 0 Å². The van der Waals surface area contributed by atoms with Gasteiger partial charge in [-0.1, -0.05) is 33.1 Å². The molecule has 0 bridgehead atoms. The Morgan fingerprint density at radius 2 is 1.94 bits per heavy atom. The van der Waals surface area contributed by atoms with E-state index in [1.165, 1.54) is 63.7 Å². The first-order valence-corrected chi connectivity index (χ1v) is 8.76. The molecule has 17 heavy (non-hydrogen) atoms. The first-order valence-electron chi connectivity index (χ1n) is 7.36. The van der Waals surface area contributed by atoms with Crippen LogP contribution in [0.25, 0.3) is 0 Å². The van der Waals surface area contributed by atoms with E-state index in [4.69, 9.17) is 0 Å². The maximum atomic E-state index is 3.76. The average molecular weight is 257 g/mol. The van der Waals surface area contributed by atoms with Crippen LogP contribution < -0.4 is 5.32 Å². The SMILES string of the molecule is CSCCCCCCNC1CCCC(C)(C)C1. The molecule has 102 valence electrons. The van der Waals surface area contributed by atoms with Crippen molar-refractivity contribution in [3.8, 4) is 0 Å². The predicted molar refractivity (Wildman–Crippen MR) is 80.9 cm³/mol. The van der Waals surface area contributed by atoms with E-state index < -0.39 is 0 Å².